The van der Waals surface area contributed by atoms with Crippen molar-refractivity contribution in [1.82, 2.24) is 10.2 Å². The van der Waals surface area contributed by atoms with Gasteiger partial charge in [0, 0.05) is 18.7 Å². The third kappa shape index (κ3) is 5.37. The summed E-state index contributed by atoms with van der Waals surface area (Å²) in [6.45, 7) is 6.04. The summed E-state index contributed by atoms with van der Waals surface area (Å²) >= 11 is 0. The van der Waals surface area contributed by atoms with Gasteiger partial charge < -0.3 is 5.32 Å². The van der Waals surface area contributed by atoms with Crippen LogP contribution in [0.1, 0.15) is 51.4 Å². The van der Waals surface area contributed by atoms with Crippen molar-refractivity contribution in [3.63, 3.8) is 0 Å². The van der Waals surface area contributed by atoms with E-state index in [9.17, 15) is 4.79 Å². The second kappa shape index (κ2) is 9.73. The maximum absolute atomic E-state index is 12.2. The van der Waals surface area contributed by atoms with Crippen LogP contribution in [0.25, 0.3) is 0 Å². The van der Waals surface area contributed by atoms with Gasteiger partial charge in [-0.1, -0.05) is 72.3 Å². The molecule has 1 amide bonds. The van der Waals surface area contributed by atoms with Gasteiger partial charge in [0.15, 0.2) is 0 Å². The van der Waals surface area contributed by atoms with E-state index >= 15 is 0 Å². The summed E-state index contributed by atoms with van der Waals surface area (Å²) in [5, 5.41) is 3.00. The zero-order valence-electron chi connectivity index (χ0n) is 17.7. The van der Waals surface area contributed by atoms with E-state index < -0.39 is 0 Å². The number of carbonyl (C=O) groups is 1. The zero-order chi connectivity index (χ0) is 20.8. The maximum atomic E-state index is 12.2. The van der Waals surface area contributed by atoms with Gasteiger partial charge in [-0.3, -0.25) is 9.69 Å². The number of hydrogen-bond acceptors (Lipinski definition) is 2. The highest BCUT2D eigenvalue weighted by Gasteiger charge is 2.20. The summed E-state index contributed by atoms with van der Waals surface area (Å²) in [7, 11) is 0. The van der Waals surface area contributed by atoms with E-state index in [0.717, 1.165) is 25.2 Å². The Morgan fingerprint density at radius 3 is 2.17 bits per heavy atom. The minimum Gasteiger partial charge on any atom is -0.348 e. The van der Waals surface area contributed by atoms with Crippen molar-refractivity contribution < 1.29 is 4.79 Å². The molecule has 0 unspecified atom stereocenters. The normalized spacial score (nSPS) is 15.1. The van der Waals surface area contributed by atoms with Crippen LogP contribution in [0.2, 0.25) is 0 Å². The highest BCUT2D eigenvalue weighted by molar-refractivity contribution is 5.94. The molecule has 3 aromatic rings. The lowest BCUT2D eigenvalue weighted by atomic mass is 9.89. The van der Waals surface area contributed by atoms with Crippen LogP contribution in [0.15, 0.2) is 78.9 Å². The van der Waals surface area contributed by atoms with E-state index in [1.807, 2.05) is 30.3 Å². The van der Waals surface area contributed by atoms with Crippen LogP contribution in [0, 0.1) is 6.92 Å². The van der Waals surface area contributed by atoms with Crippen molar-refractivity contribution in [2.24, 2.45) is 0 Å². The highest BCUT2D eigenvalue weighted by atomic mass is 16.1. The second-order valence-corrected chi connectivity index (χ2v) is 8.33. The first-order valence-electron chi connectivity index (χ1n) is 10.9. The molecule has 1 aliphatic rings. The molecule has 1 saturated heterocycles. The van der Waals surface area contributed by atoms with E-state index in [2.05, 4.69) is 65.7 Å². The van der Waals surface area contributed by atoms with E-state index in [4.69, 9.17) is 0 Å². The van der Waals surface area contributed by atoms with Crippen molar-refractivity contribution in [3.05, 3.63) is 107 Å². The Morgan fingerprint density at radius 1 is 0.867 bits per heavy atom. The molecule has 1 heterocycles. The smallest absolute Gasteiger partial charge is 0.251 e. The number of rotatable bonds is 6. The molecule has 154 valence electrons. The average molecular weight is 399 g/mol. The number of aryl methyl sites for hydroxylation is 1. The topological polar surface area (TPSA) is 32.3 Å². The van der Waals surface area contributed by atoms with Gasteiger partial charge in [0.25, 0.3) is 5.91 Å². The Bertz CT molecular complexity index is 940. The number of amides is 1. The third-order valence-electron chi connectivity index (χ3n) is 6.05. The molecule has 1 aliphatic heterocycles. The van der Waals surface area contributed by atoms with Crippen molar-refractivity contribution in [3.8, 4) is 0 Å². The fraction of sp³-hybridized carbons (Fsp3) is 0.296. The molecule has 0 aromatic heterocycles. The van der Waals surface area contributed by atoms with Crippen molar-refractivity contribution in [1.29, 1.82) is 0 Å². The van der Waals surface area contributed by atoms with Crippen LogP contribution in [-0.2, 0) is 13.1 Å². The van der Waals surface area contributed by atoms with Gasteiger partial charge >= 0.3 is 0 Å². The number of nitrogens with one attached hydrogen (secondary N) is 1. The van der Waals surface area contributed by atoms with E-state index in [1.165, 1.54) is 29.5 Å². The molecule has 1 fully saturated rings. The maximum Gasteiger partial charge on any atom is 0.251 e. The average Bonchev–Trinajstić information content (AvgIpc) is 2.80. The number of benzene rings is 3. The Morgan fingerprint density at radius 2 is 1.50 bits per heavy atom. The Labute approximate surface area is 179 Å². The van der Waals surface area contributed by atoms with Crippen LogP contribution in [0.4, 0.5) is 0 Å². The lowest BCUT2D eigenvalue weighted by Crippen LogP contribution is -2.32. The lowest BCUT2D eigenvalue weighted by Gasteiger charge is -2.32. The summed E-state index contributed by atoms with van der Waals surface area (Å²) in [6.07, 6.45) is 2.41. The van der Waals surface area contributed by atoms with Gasteiger partial charge in [-0.2, -0.15) is 0 Å². The molecule has 0 bridgehead atoms. The number of hydrogen-bond donors (Lipinski definition) is 1. The van der Waals surface area contributed by atoms with E-state index in [0.29, 0.717) is 18.0 Å². The molecule has 0 radical (unpaired) electrons. The third-order valence-corrected chi connectivity index (χ3v) is 6.05. The molecule has 30 heavy (non-hydrogen) atoms. The van der Waals surface area contributed by atoms with Crippen molar-refractivity contribution in [2.45, 2.75) is 38.8 Å². The monoisotopic (exact) mass is 398 g/mol. The first kappa shape index (κ1) is 20.4. The van der Waals surface area contributed by atoms with Crippen molar-refractivity contribution >= 4 is 5.91 Å². The minimum atomic E-state index is -0.0272. The Balaban J connectivity index is 1.25. The molecule has 0 spiro atoms. The molecule has 3 heteroatoms. The van der Waals surface area contributed by atoms with Crippen LogP contribution in [0.3, 0.4) is 0 Å². The fourth-order valence-electron chi connectivity index (χ4n) is 4.16. The largest absolute Gasteiger partial charge is 0.348 e. The molecule has 3 nitrogen and oxygen atoms in total. The van der Waals surface area contributed by atoms with Crippen LogP contribution >= 0.6 is 0 Å². The van der Waals surface area contributed by atoms with Crippen LogP contribution in [0.5, 0.6) is 0 Å². The van der Waals surface area contributed by atoms with Gasteiger partial charge in [-0.05, 0) is 67.6 Å². The van der Waals surface area contributed by atoms with Gasteiger partial charge in [0.2, 0.25) is 0 Å². The first-order chi connectivity index (χ1) is 14.7. The molecule has 1 N–H and O–H groups in total. The molecule has 0 aliphatic carbocycles. The predicted molar refractivity (Wildman–Crippen MR) is 122 cm³/mol. The van der Waals surface area contributed by atoms with E-state index in [-0.39, 0.29) is 5.91 Å². The summed E-state index contributed by atoms with van der Waals surface area (Å²) in [5.74, 6) is 0.604. The summed E-state index contributed by atoms with van der Waals surface area (Å²) in [4.78, 5) is 14.8. The molecule has 3 aromatic carbocycles. The molecular weight excluding hydrogens is 368 g/mol. The van der Waals surface area contributed by atoms with Gasteiger partial charge in [-0.25, -0.2) is 0 Å². The number of piperidine rings is 1. The number of nitrogens with zero attached hydrogens (tertiary/aromatic N) is 1. The van der Waals surface area contributed by atoms with Crippen LogP contribution < -0.4 is 5.32 Å². The van der Waals surface area contributed by atoms with Crippen LogP contribution in [-0.4, -0.2) is 23.9 Å². The quantitative estimate of drug-likeness (QED) is 0.611. The zero-order valence-corrected chi connectivity index (χ0v) is 17.7. The van der Waals surface area contributed by atoms with Gasteiger partial charge in [-0.15, -0.1) is 0 Å². The van der Waals surface area contributed by atoms with Crippen molar-refractivity contribution in [2.75, 3.05) is 13.1 Å². The first-order valence-corrected chi connectivity index (χ1v) is 10.9. The van der Waals surface area contributed by atoms with Gasteiger partial charge in [0.05, 0.1) is 0 Å². The molecule has 0 atom stereocenters. The lowest BCUT2D eigenvalue weighted by molar-refractivity contribution is 0.0951. The molecular formula is C27H30N2O. The summed E-state index contributed by atoms with van der Waals surface area (Å²) in [6, 6.07) is 27.0. The highest BCUT2D eigenvalue weighted by Crippen LogP contribution is 2.29. The summed E-state index contributed by atoms with van der Waals surface area (Å²) < 4.78 is 0. The fourth-order valence-corrected chi connectivity index (χ4v) is 4.16. The van der Waals surface area contributed by atoms with E-state index in [1.54, 1.807) is 0 Å². The summed E-state index contributed by atoms with van der Waals surface area (Å²) in [5.41, 5.74) is 5.98. The Kier molecular flexibility index (Phi) is 6.60. The predicted octanol–water partition coefficient (Wildman–Crippen LogP) is 5.30. The number of likely N-dealkylation sites (tertiary alicyclic amines) is 1. The number of carbonyl (C=O) groups excluding carboxylic acids is 1. The molecule has 0 saturated carbocycles. The molecule has 4 rings (SSSR count). The van der Waals surface area contributed by atoms with Gasteiger partial charge in [0.1, 0.15) is 0 Å². The Hall–Kier alpha value is -2.91. The SMILES string of the molecule is Cc1ccc(CN2CCC(c3ccc(CNC(=O)c4ccccc4)cc3)CC2)cc1. The minimum absolute atomic E-state index is 0.0272. The standard InChI is InChI=1S/C27H30N2O/c1-21-7-9-23(10-8-21)20-29-17-15-25(16-18-29)24-13-11-22(12-14-24)19-28-27(30)26-5-3-2-4-6-26/h2-14,25H,15-20H2,1H3,(H,28,30). The second-order valence-electron chi connectivity index (χ2n) is 8.33.